The number of unbranched alkanes of at least 4 members (excludes halogenated alkanes) is 1. The Balaban J connectivity index is 2.91. The summed E-state index contributed by atoms with van der Waals surface area (Å²) >= 11 is 0. The van der Waals surface area contributed by atoms with Crippen LogP contribution in [-0.4, -0.2) is 27.6 Å². The molecule has 0 amide bonds. The maximum atomic E-state index is 10.9. The number of rotatable bonds is 6. The van der Waals surface area contributed by atoms with E-state index >= 15 is 0 Å². The first-order chi connectivity index (χ1) is 8.04. The van der Waals surface area contributed by atoms with Crippen LogP contribution in [0.3, 0.4) is 0 Å². The number of hydrogen-bond donors (Lipinski definition) is 2. The Morgan fingerprint density at radius 1 is 1.47 bits per heavy atom. The highest BCUT2D eigenvalue weighted by Gasteiger charge is 2.12. The minimum atomic E-state index is -1.02. The number of aromatic nitrogens is 2. The summed E-state index contributed by atoms with van der Waals surface area (Å²) in [6, 6.07) is 1.48. The molecular weight excluding hydrogens is 218 g/mol. The minimum absolute atomic E-state index is 0.0442. The van der Waals surface area contributed by atoms with Crippen LogP contribution >= 0.6 is 0 Å². The second-order valence-electron chi connectivity index (χ2n) is 4.24. The van der Waals surface area contributed by atoms with E-state index in [0.717, 1.165) is 19.4 Å². The van der Waals surface area contributed by atoms with Crippen molar-refractivity contribution >= 4 is 11.8 Å². The smallest absolute Gasteiger partial charge is 0.354 e. The lowest BCUT2D eigenvalue weighted by molar-refractivity contribution is 0.0690. The Morgan fingerprint density at radius 3 is 2.71 bits per heavy atom. The fraction of sp³-hybridized carbons (Fsp3) is 0.583. The maximum Gasteiger partial charge on any atom is 0.354 e. The molecule has 2 N–H and O–H groups in total. The first-order valence-corrected chi connectivity index (χ1v) is 5.90. The van der Waals surface area contributed by atoms with E-state index in [9.17, 15) is 4.79 Å². The van der Waals surface area contributed by atoms with Gasteiger partial charge in [-0.2, -0.15) is 0 Å². The molecule has 0 aliphatic carbocycles. The molecular formula is C12H19N3O2. The van der Waals surface area contributed by atoms with Crippen molar-refractivity contribution in [2.24, 2.45) is 0 Å². The summed E-state index contributed by atoms with van der Waals surface area (Å²) < 4.78 is 0. The van der Waals surface area contributed by atoms with Crippen molar-refractivity contribution in [3.63, 3.8) is 0 Å². The largest absolute Gasteiger partial charge is 0.477 e. The van der Waals surface area contributed by atoms with E-state index in [2.05, 4.69) is 22.2 Å². The predicted molar refractivity (Wildman–Crippen MR) is 66.5 cm³/mol. The first-order valence-electron chi connectivity index (χ1n) is 5.90. The van der Waals surface area contributed by atoms with Gasteiger partial charge in [0.1, 0.15) is 11.6 Å². The molecule has 0 aliphatic heterocycles. The summed E-state index contributed by atoms with van der Waals surface area (Å²) in [4.78, 5) is 19.3. The quantitative estimate of drug-likeness (QED) is 0.743. The third-order valence-electron chi connectivity index (χ3n) is 2.32. The molecule has 0 bridgehead atoms. The molecule has 0 aliphatic rings. The van der Waals surface area contributed by atoms with E-state index in [-0.39, 0.29) is 11.6 Å². The second-order valence-corrected chi connectivity index (χ2v) is 4.24. The van der Waals surface area contributed by atoms with Gasteiger partial charge in [0.25, 0.3) is 0 Å². The second kappa shape index (κ2) is 6.18. The molecule has 0 spiro atoms. The lowest BCUT2D eigenvalue weighted by atomic mass is 10.2. The number of carboxylic acids is 1. The van der Waals surface area contributed by atoms with Gasteiger partial charge >= 0.3 is 5.97 Å². The topological polar surface area (TPSA) is 75.1 Å². The van der Waals surface area contributed by atoms with E-state index in [1.807, 2.05) is 13.8 Å². The zero-order valence-electron chi connectivity index (χ0n) is 10.5. The molecule has 1 aromatic rings. The van der Waals surface area contributed by atoms with Gasteiger partial charge in [0.15, 0.2) is 5.69 Å². The van der Waals surface area contributed by atoms with E-state index in [0.29, 0.717) is 11.6 Å². The summed E-state index contributed by atoms with van der Waals surface area (Å²) in [5.74, 6) is 0.243. The van der Waals surface area contributed by atoms with Gasteiger partial charge in [-0.1, -0.05) is 27.2 Å². The molecule has 5 heteroatoms. The van der Waals surface area contributed by atoms with Gasteiger partial charge in [0.05, 0.1) is 0 Å². The van der Waals surface area contributed by atoms with Gasteiger partial charge < -0.3 is 10.4 Å². The standard InChI is InChI=1S/C12H19N3O2/c1-4-5-6-13-10-7-9(12(16)17)14-11(15-10)8(2)3/h7-8H,4-6H2,1-3H3,(H,16,17)(H,13,14,15). The van der Waals surface area contributed by atoms with Crippen molar-refractivity contribution in [2.45, 2.75) is 39.5 Å². The van der Waals surface area contributed by atoms with Crippen molar-refractivity contribution in [1.29, 1.82) is 0 Å². The molecule has 0 saturated heterocycles. The Bertz CT molecular complexity index is 391. The molecule has 0 unspecified atom stereocenters. The number of carboxylic acid groups (broad SMARTS) is 1. The molecule has 1 aromatic heterocycles. The number of nitrogens with one attached hydrogen (secondary N) is 1. The number of anilines is 1. The van der Waals surface area contributed by atoms with Crippen LogP contribution in [0.15, 0.2) is 6.07 Å². The van der Waals surface area contributed by atoms with Crippen LogP contribution in [-0.2, 0) is 0 Å². The Hall–Kier alpha value is -1.65. The Morgan fingerprint density at radius 2 is 2.18 bits per heavy atom. The average Bonchev–Trinajstić information content (AvgIpc) is 2.29. The highest BCUT2D eigenvalue weighted by Crippen LogP contribution is 2.14. The third-order valence-corrected chi connectivity index (χ3v) is 2.32. The van der Waals surface area contributed by atoms with Crippen LogP contribution in [0.1, 0.15) is 55.8 Å². The van der Waals surface area contributed by atoms with Crippen molar-refractivity contribution < 1.29 is 9.90 Å². The normalized spacial score (nSPS) is 10.6. The Labute approximate surface area is 101 Å². The number of carbonyl (C=O) groups is 1. The molecule has 5 nitrogen and oxygen atoms in total. The van der Waals surface area contributed by atoms with Crippen molar-refractivity contribution in [1.82, 2.24) is 9.97 Å². The summed E-state index contributed by atoms with van der Waals surface area (Å²) in [5, 5.41) is 12.1. The van der Waals surface area contributed by atoms with Gasteiger partial charge in [0, 0.05) is 18.5 Å². The first kappa shape index (κ1) is 13.4. The molecule has 17 heavy (non-hydrogen) atoms. The van der Waals surface area contributed by atoms with Gasteiger partial charge in [-0.25, -0.2) is 14.8 Å². The van der Waals surface area contributed by atoms with Crippen molar-refractivity contribution in [3.8, 4) is 0 Å². The average molecular weight is 237 g/mol. The zero-order chi connectivity index (χ0) is 12.8. The summed E-state index contributed by atoms with van der Waals surface area (Å²) in [6.07, 6.45) is 2.12. The summed E-state index contributed by atoms with van der Waals surface area (Å²) in [7, 11) is 0. The molecule has 1 rings (SSSR count). The van der Waals surface area contributed by atoms with Crippen LogP contribution in [0.5, 0.6) is 0 Å². The van der Waals surface area contributed by atoms with Gasteiger partial charge in [-0.15, -0.1) is 0 Å². The van der Waals surface area contributed by atoms with Crippen LogP contribution in [0.25, 0.3) is 0 Å². The highest BCUT2D eigenvalue weighted by molar-refractivity contribution is 5.86. The van der Waals surface area contributed by atoms with E-state index in [1.54, 1.807) is 0 Å². The van der Waals surface area contributed by atoms with Gasteiger partial charge in [-0.05, 0) is 6.42 Å². The monoisotopic (exact) mass is 237 g/mol. The molecule has 0 atom stereocenters. The molecule has 0 radical (unpaired) electrons. The fourth-order valence-corrected chi connectivity index (χ4v) is 1.32. The maximum absolute atomic E-state index is 10.9. The number of nitrogens with zero attached hydrogens (tertiary/aromatic N) is 2. The summed E-state index contributed by atoms with van der Waals surface area (Å²) in [5.41, 5.74) is 0.0442. The zero-order valence-corrected chi connectivity index (χ0v) is 10.5. The molecule has 0 saturated carbocycles. The number of hydrogen-bond acceptors (Lipinski definition) is 4. The van der Waals surface area contributed by atoms with Gasteiger partial charge in [0.2, 0.25) is 0 Å². The van der Waals surface area contributed by atoms with Crippen LogP contribution in [0.2, 0.25) is 0 Å². The lowest BCUT2D eigenvalue weighted by Crippen LogP contribution is -2.11. The van der Waals surface area contributed by atoms with Crippen molar-refractivity contribution in [3.05, 3.63) is 17.6 Å². The number of aromatic carboxylic acids is 1. The van der Waals surface area contributed by atoms with E-state index < -0.39 is 5.97 Å². The summed E-state index contributed by atoms with van der Waals surface area (Å²) in [6.45, 7) is 6.78. The molecule has 0 fully saturated rings. The molecule has 1 heterocycles. The van der Waals surface area contributed by atoms with E-state index in [1.165, 1.54) is 6.07 Å². The SMILES string of the molecule is CCCCNc1cc(C(=O)O)nc(C(C)C)n1. The third kappa shape index (κ3) is 4.01. The Kier molecular flexibility index (Phi) is 4.87. The van der Waals surface area contributed by atoms with E-state index in [4.69, 9.17) is 5.11 Å². The molecule has 0 aromatic carbocycles. The minimum Gasteiger partial charge on any atom is -0.477 e. The van der Waals surface area contributed by atoms with Crippen molar-refractivity contribution in [2.75, 3.05) is 11.9 Å². The van der Waals surface area contributed by atoms with Crippen LogP contribution in [0, 0.1) is 0 Å². The lowest BCUT2D eigenvalue weighted by Gasteiger charge is -2.09. The van der Waals surface area contributed by atoms with Crippen LogP contribution in [0.4, 0.5) is 5.82 Å². The van der Waals surface area contributed by atoms with Crippen LogP contribution < -0.4 is 5.32 Å². The predicted octanol–water partition coefficient (Wildman–Crippen LogP) is 2.51. The van der Waals surface area contributed by atoms with Gasteiger partial charge in [-0.3, -0.25) is 0 Å². The molecule has 94 valence electrons. The highest BCUT2D eigenvalue weighted by atomic mass is 16.4. The fourth-order valence-electron chi connectivity index (χ4n) is 1.32.